The molecular formula is C13H18NO4S-. The molecule has 0 aliphatic heterocycles. The highest BCUT2D eigenvalue weighted by Gasteiger charge is 2.28. The first-order chi connectivity index (χ1) is 8.54. The van der Waals surface area contributed by atoms with Crippen LogP contribution in [0.25, 0.3) is 0 Å². The van der Waals surface area contributed by atoms with Gasteiger partial charge in [-0.05, 0) is 24.5 Å². The second-order valence-electron chi connectivity index (χ2n) is 5.65. The van der Waals surface area contributed by atoms with E-state index in [0.29, 0.717) is 4.31 Å². The van der Waals surface area contributed by atoms with Gasteiger partial charge in [0.2, 0.25) is 0 Å². The standard InChI is InChI=1S/C13H19NO4S/c1-10-5-7-11(8-6-10)19(17,18)14(12(15)16)9-13(2,3)4/h5-8H,9H2,1-4H3,(H,15,16)/p-1. The molecule has 5 nitrogen and oxygen atoms in total. The second-order valence-corrected chi connectivity index (χ2v) is 7.51. The fourth-order valence-electron chi connectivity index (χ4n) is 1.52. The number of benzene rings is 1. The summed E-state index contributed by atoms with van der Waals surface area (Å²) in [5.41, 5.74) is 0.410. The van der Waals surface area contributed by atoms with Crippen molar-refractivity contribution in [2.75, 3.05) is 6.54 Å². The van der Waals surface area contributed by atoms with Gasteiger partial charge in [0, 0.05) is 6.54 Å². The van der Waals surface area contributed by atoms with Crippen molar-refractivity contribution in [1.29, 1.82) is 0 Å². The number of rotatable bonds is 3. The zero-order valence-corrected chi connectivity index (χ0v) is 12.3. The van der Waals surface area contributed by atoms with Crippen molar-refractivity contribution in [3.63, 3.8) is 0 Å². The minimum atomic E-state index is -4.08. The van der Waals surface area contributed by atoms with E-state index < -0.39 is 21.5 Å². The molecule has 0 unspecified atom stereocenters. The van der Waals surface area contributed by atoms with Crippen LogP contribution in [0.1, 0.15) is 26.3 Å². The van der Waals surface area contributed by atoms with Crippen LogP contribution in [0.4, 0.5) is 4.79 Å². The Labute approximate surface area is 113 Å². The highest BCUT2D eigenvalue weighted by atomic mass is 32.2. The monoisotopic (exact) mass is 284 g/mol. The van der Waals surface area contributed by atoms with Gasteiger partial charge in [0.25, 0.3) is 10.0 Å². The molecule has 0 aliphatic rings. The minimum Gasteiger partial charge on any atom is -0.529 e. The Kier molecular flexibility index (Phi) is 4.25. The lowest BCUT2D eigenvalue weighted by atomic mass is 9.97. The van der Waals surface area contributed by atoms with Gasteiger partial charge in [-0.3, -0.25) is 4.31 Å². The summed E-state index contributed by atoms with van der Waals surface area (Å²) < 4.78 is 24.9. The van der Waals surface area contributed by atoms with E-state index in [0.717, 1.165) is 5.56 Å². The quantitative estimate of drug-likeness (QED) is 0.840. The Morgan fingerprint density at radius 1 is 1.21 bits per heavy atom. The smallest absolute Gasteiger partial charge is 0.265 e. The SMILES string of the molecule is Cc1ccc(S(=O)(=O)N(CC(C)(C)C)C(=O)[O-])cc1. The first-order valence-corrected chi connectivity index (χ1v) is 7.28. The molecule has 106 valence electrons. The molecule has 0 bridgehead atoms. The molecule has 0 atom stereocenters. The van der Waals surface area contributed by atoms with Crippen LogP contribution >= 0.6 is 0 Å². The summed E-state index contributed by atoms with van der Waals surface area (Å²) in [5, 5.41) is 11.1. The average molecular weight is 284 g/mol. The molecule has 19 heavy (non-hydrogen) atoms. The number of carboxylic acid groups (broad SMARTS) is 1. The van der Waals surface area contributed by atoms with Gasteiger partial charge in [-0.1, -0.05) is 38.5 Å². The number of carbonyl (C=O) groups is 1. The Morgan fingerprint density at radius 3 is 2.05 bits per heavy atom. The van der Waals surface area contributed by atoms with Crippen molar-refractivity contribution in [3.8, 4) is 0 Å². The molecule has 1 amide bonds. The Bertz CT molecular complexity index is 555. The summed E-state index contributed by atoms with van der Waals surface area (Å²) in [6.45, 7) is 6.95. The molecule has 1 rings (SSSR count). The van der Waals surface area contributed by atoms with Gasteiger partial charge in [0.15, 0.2) is 6.09 Å². The van der Waals surface area contributed by atoms with E-state index in [1.165, 1.54) is 12.1 Å². The number of carbonyl (C=O) groups excluding carboxylic acids is 1. The number of amides is 1. The normalized spacial score (nSPS) is 12.2. The van der Waals surface area contributed by atoms with Crippen LogP contribution in [0.5, 0.6) is 0 Å². The van der Waals surface area contributed by atoms with Gasteiger partial charge >= 0.3 is 0 Å². The van der Waals surface area contributed by atoms with E-state index >= 15 is 0 Å². The van der Waals surface area contributed by atoms with Crippen molar-refractivity contribution in [3.05, 3.63) is 29.8 Å². The molecule has 0 saturated carbocycles. The Balaban J connectivity index is 3.21. The molecule has 0 spiro atoms. The highest BCUT2D eigenvalue weighted by Crippen LogP contribution is 2.22. The molecule has 0 saturated heterocycles. The van der Waals surface area contributed by atoms with Gasteiger partial charge in [-0.15, -0.1) is 0 Å². The van der Waals surface area contributed by atoms with Crippen LogP contribution in [0.3, 0.4) is 0 Å². The van der Waals surface area contributed by atoms with Crippen LogP contribution in [-0.4, -0.2) is 25.4 Å². The maximum absolute atomic E-state index is 12.3. The first-order valence-electron chi connectivity index (χ1n) is 5.84. The molecule has 1 aromatic carbocycles. The van der Waals surface area contributed by atoms with Crippen molar-refractivity contribution in [2.24, 2.45) is 5.41 Å². The second kappa shape index (κ2) is 5.21. The van der Waals surface area contributed by atoms with Crippen LogP contribution in [0, 0.1) is 12.3 Å². The minimum absolute atomic E-state index is 0.0495. The third-order valence-electron chi connectivity index (χ3n) is 2.43. The maximum atomic E-state index is 12.3. The van der Waals surface area contributed by atoms with Gasteiger partial charge in [-0.2, -0.15) is 0 Å². The average Bonchev–Trinajstić information content (AvgIpc) is 2.25. The number of aryl methyl sites for hydroxylation is 1. The van der Waals surface area contributed by atoms with Crippen LogP contribution in [0.15, 0.2) is 29.2 Å². The number of hydrogen-bond donors (Lipinski definition) is 0. The van der Waals surface area contributed by atoms with Crippen molar-refractivity contribution in [1.82, 2.24) is 4.31 Å². The van der Waals surface area contributed by atoms with E-state index in [4.69, 9.17) is 0 Å². The van der Waals surface area contributed by atoms with Gasteiger partial charge in [0.05, 0.1) is 4.90 Å². The first kappa shape index (κ1) is 15.5. The molecule has 1 aromatic rings. The van der Waals surface area contributed by atoms with E-state index in [1.54, 1.807) is 32.9 Å². The Hall–Kier alpha value is -1.56. The molecule has 0 radical (unpaired) electrons. The van der Waals surface area contributed by atoms with Crippen molar-refractivity contribution in [2.45, 2.75) is 32.6 Å². The number of nitrogens with zero attached hydrogens (tertiary/aromatic N) is 1. The summed E-state index contributed by atoms with van der Waals surface area (Å²) in [6, 6.07) is 6.03. The van der Waals surface area contributed by atoms with E-state index in [2.05, 4.69) is 0 Å². The van der Waals surface area contributed by atoms with Gasteiger partial charge < -0.3 is 9.90 Å². The topological polar surface area (TPSA) is 77.5 Å². The fourth-order valence-corrected chi connectivity index (χ4v) is 3.00. The predicted octanol–water partition coefficient (Wildman–Crippen LogP) is 1.38. The lowest BCUT2D eigenvalue weighted by Crippen LogP contribution is -2.48. The maximum Gasteiger partial charge on any atom is 0.265 e. The van der Waals surface area contributed by atoms with Crippen LogP contribution in [0.2, 0.25) is 0 Å². The fraction of sp³-hybridized carbons (Fsp3) is 0.462. The number of hydrogen-bond acceptors (Lipinski definition) is 4. The summed E-state index contributed by atoms with van der Waals surface area (Å²) >= 11 is 0. The molecule has 0 aliphatic carbocycles. The zero-order valence-electron chi connectivity index (χ0n) is 11.5. The van der Waals surface area contributed by atoms with E-state index in [9.17, 15) is 18.3 Å². The van der Waals surface area contributed by atoms with Crippen molar-refractivity contribution >= 4 is 16.1 Å². The zero-order chi connectivity index (χ0) is 14.8. The number of sulfonamides is 1. The summed E-state index contributed by atoms with van der Waals surface area (Å²) in [6.07, 6.45) is -1.71. The van der Waals surface area contributed by atoms with Gasteiger partial charge in [0.1, 0.15) is 0 Å². The molecule has 6 heteroatoms. The summed E-state index contributed by atoms with van der Waals surface area (Å²) in [7, 11) is -4.08. The van der Waals surface area contributed by atoms with Crippen LogP contribution < -0.4 is 5.11 Å². The summed E-state index contributed by atoms with van der Waals surface area (Å²) in [4.78, 5) is 11.1. The Morgan fingerprint density at radius 2 is 1.68 bits per heavy atom. The largest absolute Gasteiger partial charge is 0.529 e. The molecule has 0 heterocycles. The lowest BCUT2D eigenvalue weighted by molar-refractivity contribution is -0.260. The van der Waals surface area contributed by atoms with Crippen LogP contribution in [-0.2, 0) is 10.0 Å². The molecule has 0 fully saturated rings. The molecule has 0 N–H and O–H groups in total. The third kappa shape index (κ3) is 3.96. The van der Waals surface area contributed by atoms with Crippen molar-refractivity contribution < 1.29 is 18.3 Å². The summed E-state index contributed by atoms with van der Waals surface area (Å²) in [5.74, 6) is 0. The molecule has 0 aromatic heterocycles. The highest BCUT2D eigenvalue weighted by molar-refractivity contribution is 7.89. The van der Waals surface area contributed by atoms with Gasteiger partial charge in [-0.25, -0.2) is 8.42 Å². The predicted molar refractivity (Wildman–Crippen MR) is 69.9 cm³/mol. The molecular weight excluding hydrogens is 266 g/mol. The lowest BCUT2D eigenvalue weighted by Gasteiger charge is -2.31. The van der Waals surface area contributed by atoms with E-state index in [1.807, 2.05) is 6.92 Å². The third-order valence-corrected chi connectivity index (χ3v) is 4.16. The van der Waals surface area contributed by atoms with E-state index in [-0.39, 0.29) is 11.4 Å².